The molecule has 154 valence electrons. The lowest BCUT2D eigenvalue weighted by atomic mass is 9.78. The molecule has 0 spiro atoms. The molecule has 0 heterocycles. The van der Waals surface area contributed by atoms with Crippen LogP contribution in [0.1, 0.15) is 31.9 Å². The van der Waals surface area contributed by atoms with Gasteiger partial charge in [-0.15, -0.1) is 11.6 Å². The zero-order valence-corrected chi connectivity index (χ0v) is 19.4. The van der Waals surface area contributed by atoms with Crippen molar-refractivity contribution in [3.8, 4) is 11.5 Å². The molecule has 6 heteroatoms. The number of rotatable bonds is 10. The smallest absolute Gasteiger partial charge is 0.132 e. The second-order valence-electron chi connectivity index (χ2n) is 7.51. The minimum absolute atomic E-state index is 0.0707. The van der Waals surface area contributed by atoms with Gasteiger partial charge in [0.15, 0.2) is 0 Å². The SMILES string of the molecule is C[C@H](CCl)COc1ccc(C(C)(C)c2ccc(OC[C@H](O)CO)cc2)cc1I. The van der Waals surface area contributed by atoms with Gasteiger partial charge in [0.25, 0.3) is 0 Å². The van der Waals surface area contributed by atoms with Crippen molar-refractivity contribution >= 4 is 34.2 Å². The van der Waals surface area contributed by atoms with Gasteiger partial charge in [0.05, 0.1) is 16.8 Å². The molecule has 0 aliphatic carbocycles. The molecule has 0 aliphatic heterocycles. The van der Waals surface area contributed by atoms with Gasteiger partial charge in [-0.05, 0) is 58.0 Å². The Kier molecular flexibility index (Phi) is 8.86. The van der Waals surface area contributed by atoms with Crippen LogP contribution in [0.4, 0.5) is 0 Å². The van der Waals surface area contributed by atoms with Gasteiger partial charge in [-0.2, -0.15) is 0 Å². The van der Waals surface area contributed by atoms with Crippen molar-refractivity contribution < 1.29 is 19.7 Å². The number of ether oxygens (including phenoxy) is 2. The molecule has 0 saturated carbocycles. The zero-order valence-electron chi connectivity index (χ0n) is 16.5. The van der Waals surface area contributed by atoms with Gasteiger partial charge < -0.3 is 19.7 Å². The predicted molar refractivity (Wildman–Crippen MR) is 122 cm³/mol. The van der Waals surface area contributed by atoms with Crippen molar-refractivity contribution in [2.75, 3.05) is 25.7 Å². The van der Waals surface area contributed by atoms with Crippen molar-refractivity contribution in [3.05, 3.63) is 57.2 Å². The minimum atomic E-state index is -0.869. The summed E-state index contributed by atoms with van der Waals surface area (Å²) < 4.78 is 12.4. The van der Waals surface area contributed by atoms with Crippen molar-refractivity contribution in [1.29, 1.82) is 0 Å². The first-order valence-corrected chi connectivity index (χ1v) is 10.9. The average Bonchev–Trinajstić information content (AvgIpc) is 2.70. The maximum absolute atomic E-state index is 9.39. The average molecular weight is 519 g/mol. The summed E-state index contributed by atoms with van der Waals surface area (Å²) >= 11 is 8.16. The van der Waals surface area contributed by atoms with Crippen LogP contribution in [0.25, 0.3) is 0 Å². The van der Waals surface area contributed by atoms with Crippen LogP contribution in [0, 0.1) is 9.49 Å². The van der Waals surface area contributed by atoms with Crippen LogP contribution in [-0.4, -0.2) is 42.0 Å². The molecule has 2 aromatic rings. The third kappa shape index (κ3) is 6.24. The molecular weight excluding hydrogens is 491 g/mol. The van der Waals surface area contributed by atoms with Gasteiger partial charge in [0, 0.05) is 17.2 Å². The van der Waals surface area contributed by atoms with Gasteiger partial charge in [-0.1, -0.05) is 39.0 Å². The topological polar surface area (TPSA) is 58.9 Å². The molecule has 4 nitrogen and oxygen atoms in total. The molecule has 0 amide bonds. The third-order valence-electron chi connectivity index (χ3n) is 4.67. The molecule has 0 aliphatic rings. The van der Waals surface area contributed by atoms with Crippen molar-refractivity contribution in [2.45, 2.75) is 32.3 Å². The Labute approximate surface area is 186 Å². The van der Waals surface area contributed by atoms with E-state index in [4.69, 9.17) is 26.2 Å². The Morgan fingerprint density at radius 1 is 1.04 bits per heavy atom. The normalized spacial score (nSPS) is 13.8. The lowest BCUT2D eigenvalue weighted by molar-refractivity contribution is 0.0536. The van der Waals surface area contributed by atoms with Gasteiger partial charge >= 0.3 is 0 Å². The molecule has 0 fully saturated rings. The highest BCUT2D eigenvalue weighted by Crippen LogP contribution is 2.35. The number of alkyl halides is 1. The second-order valence-corrected chi connectivity index (χ2v) is 8.98. The van der Waals surface area contributed by atoms with E-state index in [-0.39, 0.29) is 18.6 Å². The fourth-order valence-electron chi connectivity index (χ4n) is 2.66. The van der Waals surface area contributed by atoms with Crippen LogP contribution in [0.3, 0.4) is 0 Å². The molecule has 2 aromatic carbocycles. The first-order chi connectivity index (χ1) is 13.3. The van der Waals surface area contributed by atoms with Crippen molar-refractivity contribution in [2.24, 2.45) is 5.92 Å². The first kappa shape index (κ1) is 23.3. The summed E-state index contributed by atoms with van der Waals surface area (Å²) in [6.45, 7) is 6.79. The van der Waals surface area contributed by atoms with E-state index < -0.39 is 6.10 Å². The Hall–Kier alpha value is -1.02. The van der Waals surface area contributed by atoms with E-state index in [1.54, 1.807) is 0 Å². The quantitative estimate of drug-likeness (QED) is 0.356. The molecule has 2 N–H and O–H groups in total. The number of benzene rings is 2. The van der Waals surface area contributed by atoms with Gasteiger partial charge in [0.2, 0.25) is 0 Å². The summed E-state index contributed by atoms with van der Waals surface area (Å²) in [5.41, 5.74) is 2.16. The predicted octanol–water partition coefficient (Wildman–Crippen LogP) is 4.60. The Bertz CT molecular complexity index is 749. The van der Waals surface area contributed by atoms with E-state index in [0.717, 1.165) is 14.9 Å². The molecule has 0 unspecified atom stereocenters. The molecule has 2 rings (SSSR count). The highest BCUT2D eigenvalue weighted by atomic mass is 127. The molecule has 28 heavy (non-hydrogen) atoms. The summed E-state index contributed by atoms with van der Waals surface area (Å²) in [5, 5.41) is 18.2. The van der Waals surface area contributed by atoms with Gasteiger partial charge in [0.1, 0.15) is 24.2 Å². The molecule has 0 radical (unpaired) electrons. The van der Waals surface area contributed by atoms with Crippen LogP contribution < -0.4 is 9.47 Å². The Balaban J connectivity index is 2.11. The monoisotopic (exact) mass is 518 g/mol. The fraction of sp³-hybridized carbons (Fsp3) is 0.455. The molecular formula is C22H28ClIO4. The van der Waals surface area contributed by atoms with Crippen LogP contribution in [0.2, 0.25) is 0 Å². The maximum Gasteiger partial charge on any atom is 0.132 e. The van der Waals surface area contributed by atoms with Crippen LogP contribution >= 0.6 is 34.2 Å². The van der Waals surface area contributed by atoms with E-state index in [1.165, 1.54) is 5.56 Å². The summed E-state index contributed by atoms with van der Waals surface area (Å²) in [4.78, 5) is 0. The van der Waals surface area contributed by atoms with Crippen molar-refractivity contribution in [3.63, 3.8) is 0 Å². The Morgan fingerprint density at radius 2 is 1.68 bits per heavy atom. The number of aliphatic hydroxyl groups excluding tert-OH is 2. The third-order valence-corrected chi connectivity index (χ3v) is 6.04. The molecule has 0 bridgehead atoms. The van der Waals surface area contributed by atoms with E-state index in [9.17, 15) is 5.11 Å². The molecule has 0 saturated heterocycles. The fourth-order valence-corrected chi connectivity index (χ4v) is 3.42. The van der Waals surface area contributed by atoms with Crippen LogP contribution in [0.15, 0.2) is 42.5 Å². The summed E-state index contributed by atoms with van der Waals surface area (Å²) in [6, 6.07) is 14.1. The molecule has 2 atom stereocenters. The lowest BCUT2D eigenvalue weighted by Crippen LogP contribution is -2.21. The summed E-state index contributed by atoms with van der Waals surface area (Å²) in [5.74, 6) is 2.44. The van der Waals surface area contributed by atoms with Crippen LogP contribution in [-0.2, 0) is 5.41 Å². The molecule has 0 aromatic heterocycles. The van der Waals surface area contributed by atoms with E-state index in [2.05, 4.69) is 55.5 Å². The van der Waals surface area contributed by atoms with E-state index in [0.29, 0.717) is 24.2 Å². The zero-order chi connectivity index (χ0) is 20.7. The lowest BCUT2D eigenvalue weighted by Gasteiger charge is -2.27. The first-order valence-electron chi connectivity index (χ1n) is 9.29. The number of aliphatic hydroxyl groups is 2. The highest BCUT2D eigenvalue weighted by Gasteiger charge is 2.24. The minimum Gasteiger partial charge on any atom is -0.492 e. The summed E-state index contributed by atoms with van der Waals surface area (Å²) in [7, 11) is 0. The van der Waals surface area contributed by atoms with Crippen molar-refractivity contribution in [1.82, 2.24) is 0 Å². The largest absolute Gasteiger partial charge is 0.492 e. The summed E-state index contributed by atoms with van der Waals surface area (Å²) in [6.07, 6.45) is -0.869. The number of hydrogen-bond acceptors (Lipinski definition) is 4. The highest BCUT2D eigenvalue weighted by molar-refractivity contribution is 14.1. The Morgan fingerprint density at radius 3 is 2.25 bits per heavy atom. The van der Waals surface area contributed by atoms with E-state index >= 15 is 0 Å². The van der Waals surface area contributed by atoms with E-state index in [1.807, 2.05) is 30.3 Å². The number of hydrogen-bond donors (Lipinski definition) is 2. The van der Waals surface area contributed by atoms with Crippen LogP contribution in [0.5, 0.6) is 11.5 Å². The standard InChI is InChI=1S/C22H28ClIO4/c1-15(11-23)13-28-21-9-6-17(10-20(21)24)22(2,3)16-4-7-19(8-5-16)27-14-18(26)12-25/h4-10,15,18,25-26H,11-14H2,1-3H3/t15-,18-/m1/s1. The maximum atomic E-state index is 9.39. The number of halogens is 2. The van der Waals surface area contributed by atoms with Gasteiger partial charge in [-0.3, -0.25) is 0 Å². The second kappa shape index (κ2) is 10.7. The van der Waals surface area contributed by atoms with Gasteiger partial charge in [-0.25, -0.2) is 0 Å².